The second kappa shape index (κ2) is 8.77. The minimum absolute atomic E-state index is 0.0182. The fourth-order valence-electron chi connectivity index (χ4n) is 2.85. The highest BCUT2D eigenvalue weighted by Gasteiger charge is 2.29. The molecule has 0 radical (unpaired) electrons. The molecule has 3 N–H and O–H groups in total. The van der Waals surface area contributed by atoms with Crippen molar-refractivity contribution in [3.63, 3.8) is 0 Å². The summed E-state index contributed by atoms with van der Waals surface area (Å²) in [4.78, 5) is 22.9. The zero-order valence-corrected chi connectivity index (χ0v) is 14.0. The molecule has 1 aliphatic rings. The molecule has 0 aliphatic heterocycles. The number of para-hydroxylation sites is 1. The van der Waals surface area contributed by atoms with Crippen molar-refractivity contribution in [3.8, 4) is 5.75 Å². The molecule has 2 rings (SSSR count). The second-order valence-corrected chi connectivity index (χ2v) is 6.23. The summed E-state index contributed by atoms with van der Waals surface area (Å²) in [6.07, 6.45) is -2.26. The van der Waals surface area contributed by atoms with Gasteiger partial charge in [-0.3, -0.25) is 4.79 Å². The lowest BCUT2D eigenvalue weighted by atomic mass is 9.86. The molecule has 2 amide bonds. The number of ether oxygens (including phenoxy) is 1. The number of urea groups is 1. The van der Waals surface area contributed by atoms with Crippen LogP contribution in [0.2, 0.25) is 0 Å². The topological polar surface area (TPSA) is 87.7 Å². The van der Waals surface area contributed by atoms with Gasteiger partial charge >= 0.3 is 18.2 Å². The van der Waals surface area contributed by atoms with Gasteiger partial charge in [0, 0.05) is 18.2 Å². The van der Waals surface area contributed by atoms with Crippen LogP contribution in [0.15, 0.2) is 24.3 Å². The summed E-state index contributed by atoms with van der Waals surface area (Å²) in [5.41, 5.74) is 0.432. The van der Waals surface area contributed by atoms with Crippen LogP contribution in [-0.2, 0) is 11.3 Å². The first kappa shape index (κ1) is 19.9. The van der Waals surface area contributed by atoms with Crippen LogP contribution in [0.4, 0.5) is 18.0 Å². The Morgan fingerprint density at radius 3 is 2.42 bits per heavy atom. The van der Waals surface area contributed by atoms with E-state index in [-0.39, 0.29) is 24.3 Å². The molecule has 1 aliphatic carbocycles. The maximum atomic E-state index is 12.3. The minimum atomic E-state index is -4.44. The highest BCUT2D eigenvalue weighted by molar-refractivity contribution is 5.74. The van der Waals surface area contributed by atoms with Gasteiger partial charge < -0.3 is 20.5 Å². The van der Waals surface area contributed by atoms with Crippen LogP contribution in [0.25, 0.3) is 0 Å². The molecular weight excluding hydrogens is 353 g/mol. The Kier molecular flexibility index (Phi) is 6.70. The number of hydrogen-bond acceptors (Lipinski definition) is 3. The quantitative estimate of drug-likeness (QED) is 0.714. The molecule has 0 atom stereocenters. The third-order valence-electron chi connectivity index (χ3n) is 4.21. The number of aliphatic carboxylic acids is 1. The Bertz CT molecular complexity index is 629. The van der Waals surface area contributed by atoms with Crippen molar-refractivity contribution in [1.82, 2.24) is 10.6 Å². The Morgan fingerprint density at radius 2 is 1.81 bits per heavy atom. The molecule has 0 unspecified atom stereocenters. The van der Waals surface area contributed by atoms with E-state index in [1.807, 2.05) is 0 Å². The smallest absolute Gasteiger partial charge is 0.422 e. The minimum Gasteiger partial charge on any atom is -0.484 e. The van der Waals surface area contributed by atoms with E-state index >= 15 is 0 Å². The summed E-state index contributed by atoms with van der Waals surface area (Å²) in [5, 5.41) is 14.3. The zero-order chi connectivity index (χ0) is 19.2. The van der Waals surface area contributed by atoms with Crippen LogP contribution in [0.1, 0.15) is 31.2 Å². The SMILES string of the molecule is O=C(NCc1ccccc1OCC(F)(F)F)NC1CCC(C(=O)O)CC1. The molecule has 0 bridgehead atoms. The number of carboxylic acids is 1. The van der Waals surface area contributed by atoms with Gasteiger partial charge in [0.1, 0.15) is 5.75 Å². The summed E-state index contributed by atoms with van der Waals surface area (Å²) in [5.74, 6) is -1.12. The predicted molar refractivity (Wildman–Crippen MR) is 86.7 cm³/mol. The van der Waals surface area contributed by atoms with Gasteiger partial charge in [0.2, 0.25) is 0 Å². The number of halogens is 3. The van der Waals surface area contributed by atoms with Crippen molar-refractivity contribution in [1.29, 1.82) is 0 Å². The molecule has 26 heavy (non-hydrogen) atoms. The number of carbonyl (C=O) groups is 2. The van der Waals surface area contributed by atoms with Crippen molar-refractivity contribution in [3.05, 3.63) is 29.8 Å². The molecular formula is C17H21F3N2O4. The first-order valence-electron chi connectivity index (χ1n) is 8.29. The van der Waals surface area contributed by atoms with Crippen LogP contribution in [0, 0.1) is 5.92 Å². The van der Waals surface area contributed by atoms with E-state index < -0.39 is 24.8 Å². The average molecular weight is 374 g/mol. The monoisotopic (exact) mass is 374 g/mol. The maximum absolute atomic E-state index is 12.3. The Morgan fingerprint density at radius 1 is 1.15 bits per heavy atom. The number of benzene rings is 1. The van der Waals surface area contributed by atoms with Gasteiger partial charge in [0.25, 0.3) is 0 Å². The van der Waals surface area contributed by atoms with E-state index in [9.17, 15) is 22.8 Å². The van der Waals surface area contributed by atoms with Crippen molar-refractivity contribution in [2.45, 2.75) is 44.4 Å². The molecule has 6 nitrogen and oxygen atoms in total. The van der Waals surface area contributed by atoms with Crippen molar-refractivity contribution >= 4 is 12.0 Å². The fraction of sp³-hybridized carbons (Fsp3) is 0.529. The number of carbonyl (C=O) groups excluding carboxylic acids is 1. The van der Waals surface area contributed by atoms with Crippen molar-refractivity contribution in [2.24, 2.45) is 5.92 Å². The standard InChI is InChI=1S/C17H21F3N2O4/c18-17(19,20)10-26-14-4-2-1-3-12(14)9-21-16(25)22-13-7-5-11(6-8-13)15(23)24/h1-4,11,13H,5-10H2,(H,23,24)(H2,21,22,25). The summed E-state index contributed by atoms with van der Waals surface area (Å²) < 4.78 is 41.6. The van der Waals surface area contributed by atoms with E-state index in [4.69, 9.17) is 9.84 Å². The van der Waals surface area contributed by atoms with E-state index in [0.29, 0.717) is 31.2 Å². The van der Waals surface area contributed by atoms with Gasteiger partial charge in [0.15, 0.2) is 6.61 Å². The number of alkyl halides is 3. The Balaban J connectivity index is 1.80. The number of rotatable bonds is 6. The third kappa shape index (κ3) is 6.45. The second-order valence-electron chi connectivity index (χ2n) is 6.23. The van der Waals surface area contributed by atoms with E-state index in [0.717, 1.165) is 0 Å². The lowest BCUT2D eigenvalue weighted by Gasteiger charge is -2.26. The molecule has 0 spiro atoms. The van der Waals surface area contributed by atoms with Crippen LogP contribution < -0.4 is 15.4 Å². The average Bonchev–Trinajstić information content (AvgIpc) is 2.58. The number of nitrogens with one attached hydrogen (secondary N) is 2. The largest absolute Gasteiger partial charge is 0.484 e. The number of amides is 2. The van der Waals surface area contributed by atoms with Crippen molar-refractivity contribution in [2.75, 3.05) is 6.61 Å². The van der Waals surface area contributed by atoms with E-state index in [2.05, 4.69) is 10.6 Å². The normalized spacial score (nSPS) is 20.3. The lowest BCUT2D eigenvalue weighted by molar-refractivity contribution is -0.153. The molecule has 144 valence electrons. The molecule has 0 saturated heterocycles. The maximum Gasteiger partial charge on any atom is 0.422 e. The highest BCUT2D eigenvalue weighted by Crippen LogP contribution is 2.24. The predicted octanol–water partition coefficient (Wildman–Crippen LogP) is 3.07. The first-order chi connectivity index (χ1) is 12.2. The number of carboxylic acid groups (broad SMARTS) is 1. The van der Waals surface area contributed by atoms with Crippen LogP contribution in [0.5, 0.6) is 5.75 Å². The molecule has 0 aromatic heterocycles. The summed E-state index contributed by atoms with van der Waals surface area (Å²) in [7, 11) is 0. The molecule has 1 fully saturated rings. The summed E-state index contributed by atoms with van der Waals surface area (Å²) >= 11 is 0. The lowest BCUT2D eigenvalue weighted by Crippen LogP contribution is -2.43. The first-order valence-corrected chi connectivity index (χ1v) is 8.29. The van der Waals surface area contributed by atoms with Crippen LogP contribution >= 0.6 is 0 Å². The molecule has 1 saturated carbocycles. The van der Waals surface area contributed by atoms with E-state index in [1.165, 1.54) is 6.07 Å². The fourth-order valence-corrected chi connectivity index (χ4v) is 2.85. The van der Waals surface area contributed by atoms with Gasteiger partial charge in [-0.2, -0.15) is 13.2 Å². The van der Waals surface area contributed by atoms with Gasteiger partial charge in [-0.25, -0.2) is 4.79 Å². The Labute approximate surface area is 148 Å². The Hall–Kier alpha value is -2.45. The third-order valence-corrected chi connectivity index (χ3v) is 4.21. The zero-order valence-electron chi connectivity index (χ0n) is 14.0. The summed E-state index contributed by atoms with van der Waals surface area (Å²) in [6, 6.07) is 5.62. The summed E-state index contributed by atoms with van der Waals surface area (Å²) in [6.45, 7) is -1.38. The number of hydrogen-bond donors (Lipinski definition) is 3. The van der Waals surface area contributed by atoms with Gasteiger partial charge in [-0.1, -0.05) is 18.2 Å². The van der Waals surface area contributed by atoms with Crippen LogP contribution in [-0.4, -0.2) is 35.9 Å². The van der Waals surface area contributed by atoms with Gasteiger partial charge in [0.05, 0.1) is 5.92 Å². The van der Waals surface area contributed by atoms with Gasteiger partial charge in [-0.05, 0) is 31.7 Å². The van der Waals surface area contributed by atoms with Crippen LogP contribution in [0.3, 0.4) is 0 Å². The molecule has 9 heteroatoms. The van der Waals surface area contributed by atoms with Gasteiger partial charge in [-0.15, -0.1) is 0 Å². The highest BCUT2D eigenvalue weighted by atomic mass is 19.4. The molecule has 1 aromatic rings. The van der Waals surface area contributed by atoms with Crippen molar-refractivity contribution < 1.29 is 32.6 Å². The molecule has 0 heterocycles. The molecule has 1 aromatic carbocycles. The van der Waals surface area contributed by atoms with E-state index in [1.54, 1.807) is 18.2 Å².